The van der Waals surface area contributed by atoms with Gasteiger partial charge in [-0.05, 0) is 58.0 Å². The van der Waals surface area contributed by atoms with Crippen molar-refractivity contribution in [1.29, 1.82) is 0 Å². The Bertz CT molecular complexity index is 1130. The van der Waals surface area contributed by atoms with Crippen LogP contribution < -0.4 is 4.74 Å². The Hall–Kier alpha value is -3.63. The lowest BCUT2D eigenvalue weighted by Gasteiger charge is -2.17. The van der Waals surface area contributed by atoms with Gasteiger partial charge < -0.3 is 9.84 Å². The van der Waals surface area contributed by atoms with Crippen LogP contribution in [0.1, 0.15) is 35.6 Å². The Morgan fingerprint density at radius 2 is 1.47 bits per heavy atom. The molecule has 3 aromatic rings. The highest BCUT2D eigenvalue weighted by Gasteiger charge is 2.14. The summed E-state index contributed by atoms with van der Waals surface area (Å²) in [6.07, 6.45) is 3.49. The van der Waals surface area contributed by atoms with Crippen molar-refractivity contribution in [2.75, 3.05) is 5.88 Å². The van der Waals surface area contributed by atoms with E-state index in [1.165, 1.54) is 5.57 Å². The summed E-state index contributed by atoms with van der Waals surface area (Å²) >= 11 is 5.52. The average Bonchev–Trinajstić information content (AvgIpc) is 2.82. The third-order valence-corrected chi connectivity index (χ3v) is 5.10. The van der Waals surface area contributed by atoms with Crippen molar-refractivity contribution in [3.05, 3.63) is 107 Å². The van der Waals surface area contributed by atoms with Gasteiger partial charge in [-0.3, -0.25) is 4.79 Å². The molecular weight excluding hydrogens is 424 g/mol. The van der Waals surface area contributed by atoms with Crippen molar-refractivity contribution < 1.29 is 19.4 Å². The van der Waals surface area contributed by atoms with E-state index in [9.17, 15) is 9.59 Å². The molecule has 4 nitrogen and oxygen atoms in total. The van der Waals surface area contributed by atoms with Crippen molar-refractivity contribution in [2.24, 2.45) is 0 Å². The summed E-state index contributed by atoms with van der Waals surface area (Å²) in [5.41, 5.74) is 6.13. The minimum atomic E-state index is -0.984. The highest BCUT2D eigenvalue weighted by Crippen LogP contribution is 2.35. The van der Waals surface area contributed by atoms with Gasteiger partial charge in [0.05, 0.1) is 0 Å². The molecule has 0 spiro atoms. The summed E-state index contributed by atoms with van der Waals surface area (Å²) < 4.78 is 5.19. The van der Waals surface area contributed by atoms with Crippen LogP contribution in [0.5, 0.6) is 5.75 Å². The van der Waals surface area contributed by atoms with E-state index in [2.05, 4.69) is 19.1 Å². The van der Waals surface area contributed by atoms with Crippen molar-refractivity contribution in [3.8, 4) is 5.75 Å². The Labute approximate surface area is 192 Å². The lowest BCUT2D eigenvalue weighted by atomic mass is 9.88. The number of benzene rings is 3. The number of ether oxygens (including phenoxy) is 1. The van der Waals surface area contributed by atoms with E-state index in [1.807, 2.05) is 54.6 Å². The van der Waals surface area contributed by atoms with Crippen molar-refractivity contribution in [3.63, 3.8) is 0 Å². The first-order valence-electron chi connectivity index (χ1n) is 10.2. The summed E-state index contributed by atoms with van der Waals surface area (Å²) in [6, 6.07) is 25.3. The van der Waals surface area contributed by atoms with Gasteiger partial charge in [-0.25, -0.2) is 4.79 Å². The van der Waals surface area contributed by atoms with Gasteiger partial charge >= 0.3 is 11.9 Å². The molecule has 0 aliphatic heterocycles. The molecule has 0 radical (unpaired) electrons. The van der Waals surface area contributed by atoms with E-state index >= 15 is 0 Å². The molecule has 5 heteroatoms. The number of hydrogen-bond acceptors (Lipinski definition) is 3. The molecule has 0 fully saturated rings. The fourth-order valence-electron chi connectivity index (χ4n) is 3.46. The number of carbonyl (C=O) groups excluding carboxylic acids is 1. The number of hydrogen-bond donors (Lipinski definition) is 1. The Balaban J connectivity index is 2.09. The maximum absolute atomic E-state index is 11.5. The zero-order valence-electron chi connectivity index (χ0n) is 17.6. The lowest BCUT2D eigenvalue weighted by Crippen LogP contribution is -2.08. The van der Waals surface area contributed by atoms with Crippen LogP contribution in [0.4, 0.5) is 0 Å². The minimum absolute atomic E-state index is 0.205. The number of carboxylic acids is 1. The molecule has 0 atom stereocenters. The first-order valence-corrected chi connectivity index (χ1v) is 10.7. The highest BCUT2D eigenvalue weighted by molar-refractivity contribution is 6.26. The molecule has 0 unspecified atom stereocenters. The summed E-state index contributed by atoms with van der Waals surface area (Å²) in [4.78, 5) is 22.3. The predicted octanol–water partition coefficient (Wildman–Crippen LogP) is 6.30. The largest absolute Gasteiger partial charge is 0.478 e. The number of carbonyl (C=O) groups is 2. The molecule has 0 saturated carbocycles. The maximum Gasteiger partial charge on any atom is 0.328 e. The minimum Gasteiger partial charge on any atom is -0.478 e. The predicted molar refractivity (Wildman–Crippen MR) is 129 cm³/mol. The Morgan fingerprint density at radius 1 is 0.875 bits per heavy atom. The number of aliphatic carboxylic acids is 1. The number of esters is 1. The molecule has 0 amide bonds. The molecule has 0 aliphatic rings. The second-order valence-corrected chi connectivity index (χ2v) is 7.27. The van der Waals surface area contributed by atoms with E-state index in [4.69, 9.17) is 21.4 Å². The van der Waals surface area contributed by atoms with Crippen LogP contribution in [0.25, 0.3) is 17.2 Å². The molecule has 0 saturated heterocycles. The van der Waals surface area contributed by atoms with Crippen LogP contribution in [0, 0.1) is 0 Å². The molecular formula is C27H23ClO4. The van der Waals surface area contributed by atoms with Crippen LogP contribution in [-0.2, 0) is 9.59 Å². The molecule has 0 heterocycles. The molecule has 0 aliphatic carbocycles. The number of rotatable bonds is 8. The average molecular weight is 447 g/mol. The Morgan fingerprint density at radius 3 is 2.00 bits per heavy atom. The van der Waals surface area contributed by atoms with Gasteiger partial charge in [-0.1, -0.05) is 73.7 Å². The van der Waals surface area contributed by atoms with Gasteiger partial charge in [0.25, 0.3) is 0 Å². The first kappa shape index (κ1) is 23.0. The van der Waals surface area contributed by atoms with Crippen molar-refractivity contribution in [2.45, 2.75) is 13.3 Å². The van der Waals surface area contributed by atoms with Gasteiger partial charge in [-0.2, -0.15) is 0 Å². The van der Waals surface area contributed by atoms with E-state index < -0.39 is 11.9 Å². The summed E-state index contributed by atoms with van der Waals surface area (Å²) in [5, 5.41) is 8.86. The van der Waals surface area contributed by atoms with Crippen LogP contribution >= 0.6 is 11.6 Å². The molecule has 3 rings (SSSR count). The second-order valence-electron chi connectivity index (χ2n) is 7.00. The van der Waals surface area contributed by atoms with Gasteiger partial charge in [-0.15, -0.1) is 11.6 Å². The number of alkyl halides is 1. The van der Waals surface area contributed by atoms with Gasteiger partial charge in [0.15, 0.2) is 0 Å². The smallest absolute Gasteiger partial charge is 0.328 e. The molecule has 0 bridgehead atoms. The van der Waals surface area contributed by atoms with E-state index in [1.54, 1.807) is 18.2 Å². The maximum atomic E-state index is 11.5. The van der Waals surface area contributed by atoms with Crippen LogP contribution in [0.3, 0.4) is 0 Å². The quantitative estimate of drug-likeness (QED) is 0.145. The monoisotopic (exact) mass is 446 g/mol. The highest BCUT2D eigenvalue weighted by atomic mass is 35.5. The van der Waals surface area contributed by atoms with E-state index in [0.29, 0.717) is 5.75 Å². The summed E-state index contributed by atoms with van der Waals surface area (Å²) in [5.74, 6) is -1.25. The third kappa shape index (κ3) is 5.96. The summed E-state index contributed by atoms with van der Waals surface area (Å²) in [7, 11) is 0. The number of allylic oxidation sites excluding steroid dienone is 1. The topological polar surface area (TPSA) is 63.6 Å². The molecule has 32 heavy (non-hydrogen) atoms. The van der Waals surface area contributed by atoms with Gasteiger partial charge in [0.2, 0.25) is 0 Å². The van der Waals surface area contributed by atoms with Crippen LogP contribution in [-0.4, -0.2) is 22.9 Å². The summed E-state index contributed by atoms with van der Waals surface area (Å²) in [6.45, 7) is 2.11. The number of halogens is 1. The lowest BCUT2D eigenvalue weighted by molar-refractivity contribution is -0.132. The second kappa shape index (κ2) is 11.1. The van der Waals surface area contributed by atoms with Crippen LogP contribution in [0.15, 0.2) is 84.9 Å². The first-order chi connectivity index (χ1) is 15.5. The fraction of sp³-hybridized carbons (Fsp3) is 0.111. The zero-order chi connectivity index (χ0) is 22.9. The van der Waals surface area contributed by atoms with Crippen LogP contribution in [0.2, 0.25) is 0 Å². The molecule has 162 valence electrons. The fourth-order valence-corrected chi connectivity index (χ4v) is 3.51. The molecule has 3 aromatic carbocycles. The Kier molecular flexibility index (Phi) is 8.01. The van der Waals surface area contributed by atoms with E-state index in [-0.39, 0.29) is 5.88 Å². The van der Waals surface area contributed by atoms with Gasteiger partial charge in [0.1, 0.15) is 11.6 Å². The molecule has 1 N–H and O–H groups in total. The number of carboxylic acid groups (broad SMARTS) is 1. The van der Waals surface area contributed by atoms with Crippen molar-refractivity contribution >= 4 is 40.8 Å². The molecule has 0 aromatic heterocycles. The van der Waals surface area contributed by atoms with Crippen molar-refractivity contribution in [1.82, 2.24) is 0 Å². The van der Waals surface area contributed by atoms with E-state index in [0.717, 1.165) is 40.3 Å². The third-order valence-electron chi connectivity index (χ3n) is 4.88. The zero-order valence-corrected chi connectivity index (χ0v) is 18.4. The van der Waals surface area contributed by atoms with Gasteiger partial charge in [0, 0.05) is 6.08 Å². The SMILES string of the molecule is CCC(=C(c1ccc(C=CC(=O)O)cc1)c1ccc(OC(=O)CCl)cc1)c1ccccc1. The normalized spacial score (nSPS) is 11.8. The standard InChI is InChI=1S/C27H23ClO4/c1-2-24(20-6-4-3-5-7-20)27(21-11-8-19(9-12-21)10-17-25(29)30)22-13-15-23(16-14-22)32-26(31)18-28/h3-17H,2,18H2,1H3,(H,29,30).